The summed E-state index contributed by atoms with van der Waals surface area (Å²) in [5, 5.41) is 0. The summed E-state index contributed by atoms with van der Waals surface area (Å²) in [4.78, 5) is 11.1. The number of rotatable bonds is 6. The van der Waals surface area contributed by atoms with Gasteiger partial charge in [0, 0.05) is 5.75 Å². The molecule has 0 saturated carbocycles. The summed E-state index contributed by atoms with van der Waals surface area (Å²) in [5.74, 6) is 2.89. The van der Waals surface area contributed by atoms with E-state index in [9.17, 15) is 4.79 Å². The highest BCUT2D eigenvalue weighted by molar-refractivity contribution is 7.98. The number of hydrogen-bond donors (Lipinski definition) is 1. The Morgan fingerprint density at radius 2 is 2.26 bits per heavy atom. The third kappa shape index (κ3) is 3.78. The van der Waals surface area contributed by atoms with Gasteiger partial charge in [-0.25, -0.2) is 0 Å². The predicted molar refractivity (Wildman–Crippen MR) is 73.3 cm³/mol. The Kier molecular flexibility index (Phi) is 4.93. The summed E-state index contributed by atoms with van der Waals surface area (Å²) >= 11 is 1.72. The van der Waals surface area contributed by atoms with Gasteiger partial charge >= 0.3 is 5.97 Å². The minimum Gasteiger partial charge on any atom is -0.468 e. The molecule has 1 aromatic rings. The monoisotopic (exact) mass is 283 g/mol. The van der Waals surface area contributed by atoms with Crippen LogP contribution in [0.3, 0.4) is 0 Å². The van der Waals surface area contributed by atoms with Crippen LogP contribution in [0, 0.1) is 0 Å². The largest absolute Gasteiger partial charge is 0.468 e. The van der Waals surface area contributed by atoms with E-state index in [0.717, 1.165) is 23.0 Å². The Hall–Kier alpha value is -1.40. The zero-order chi connectivity index (χ0) is 13.7. The van der Waals surface area contributed by atoms with Crippen molar-refractivity contribution in [1.29, 1.82) is 0 Å². The molecule has 1 aliphatic heterocycles. The van der Waals surface area contributed by atoms with E-state index in [-0.39, 0.29) is 5.97 Å². The minimum atomic E-state index is -0.533. The van der Waals surface area contributed by atoms with Crippen LogP contribution in [-0.2, 0) is 15.3 Å². The van der Waals surface area contributed by atoms with Gasteiger partial charge in [0.1, 0.15) is 6.04 Å². The van der Waals surface area contributed by atoms with Crippen molar-refractivity contribution >= 4 is 17.7 Å². The summed E-state index contributed by atoms with van der Waals surface area (Å²) in [6.45, 7) is 0.292. The molecule has 6 heteroatoms. The maximum Gasteiger partial charge on any atom is 0.322 e. The van der Waals surface area contributed by atoms with Crippen molar-refractivity contribution in [3.8, 4) is 11.5 Å². The fraction of sp³-hybridized carbons (Fsp3) is 0.462. The van der Waals surface area contributed by atoms with Gasteiger partial charge in [-0.2, -0.15) is 11.8 Å². The average Bonchev–Trinajstić information content (AvgIpc) is 2.89. The van der Waals surface area contributed by atoms with E-state index in [1.54, 1.807) is 11.8 Å². The van der Waals surface area contributed by atoms with Crippen molar-refractivity contribution < 1.29 is 19.0 Å². The lowest BCUT2D eigenvalue weighted by molar-refractivity contribution is -0.142. The maximum atomic E-state index is 11.1. The van der Waals surface area contributed by atoms with Crippen LogP contribution < -0.4 is 15.2 Å². The minimum absolute atomic E-state index is 0.292. The Morgan fingerprint density at radius 3 is 3.05 bits per heavy atom. The number of fused-ring (bicyclic) bond motifs is 1. The van der Waals surface area contributed by atoms with Crippen LogP contribution in [0.25, 0.3) is 0 Å². The van der Waals surface area contributed by atoms with Gasteiger partial charge in [-0.15, -0.1) is 0 Å². The van der Waals surface area contributed by atoms with Crippen molar-refractivity contribution in [2.45, 2.75) is 18.2 Å². The first kappa shape index (κ1) is 14.0. The second-order valence-electron chi connectivity index (χ2n) is 4.16. The van der Waals surface area contributed by atoms with Crippen LogP contribution in [-0.4, -0.2) is 31.7 Å². The number of esters is 1. The molecule has 1 heterocycles. The molecule has 104 valence electrons. The predicted octanol–water partition coefficient (Wildman–Crippen LogP) is 1.54. The number of methoxy groups -OCH3 is 1. The van der Waals surface area contributed by atoms with E-state index < -0.39 is 6.04 Å². The van der Waals surface area contributed by atoms with E-state index in [4.69, 9.17) is 15.2 Å². The second kappa shape index (κ2) is 6.68. The molecule has 0 spiro atoms. The molecule has 2 N–H and O–H groups in total. The second-order valence-corrected chi connectivity index (χ2v) is 5.26. The highest BCUT2D eigenvalue weighted by Gasteiger charge is 2.14. The van der Waals surface area contributed by atoms with Crippen LogP contribution >= 0.6 is 11.8 Å². The van der Waals surface area contributed by atoms with Crippen molar-refractivity contribution in [1.82, 2.24) is 0 Å². The molecule has 0 bridgehead atoms. The van der Waals surface area contributed by atoms with Gasteiger partial charge in [0.15, 0.2) is 11.5 Å². The topological polar surface area (TPSA) is 70.8 Å². The third-order valence-electron chi connectivity index (χ3n) is 2.78. The molecule has 0 radical (unpaired) electrons. The van der Waals surface area contributed by atoms with Gasteiger partial charge in [-0.1, -0.05) is 6.07 Å². The standard InChI is InChI=1S/C13H17NO4S/c1-16-13(15)10(14)4-5-19-7-9-2-3-11-12(6-9)18-8-17-11/h2-3,6,10H,4-5,7-8,14H2,1H3. The fourth-order valence-corrected chi connectivity index (χ4v) is 2.68. The van der Waals surface area contributed by atoms with E-state index in [2.05, 4.69) is 4.74 Å². The number of thioether (sulfide) groups is 1. The van der Waals surface area contributed by atoms with Crippen molar-refractivity contribution in [2.24, 2.45) is 5.73 Å². The molecule has 0 saturated heterocycles. The van der Waals surface area contributed by atoms with Crippen LogP contribution in [0.15, 0.2) is 18.2 Å². The summed E-state index contributed by atoms with van der Waals surface area (Å²) in [5.41, 5.74) is 6.82. The van der Waals surface area contributed by atoms with Gasteiger partial charge < -0.3 is 19.9 Å². The molecule has 1 unspecified atom stereocenters. The maximum absolute atomic E-state index is 11.1. The molecule has 0 amide bonds. The van der Waals surface area contributed by atoms with Crippen LogP contribution in [0.4, 0.5) is 0 Å². The lowest BCUT2D eigenvalue weighted by Gasteiger charge is -2.08. The molecule has 5 nitrogen and oxygen atoms in total. The van der Waals surface area contributed by atoms with Crippen LogP contribution in [0.1, 0.15) is 12.0 Å². The Balaban J connectivity index is 1.73. The average molecular weight is 283 g/mol. The number of hydrogen-bond acceptors (Lipinski definition) is 6. The van der Waals surface area contributed by atoms with E-state index in [1.165, 1.54) is 12.7 Å². The molecular formula is C13H17NO4S. The van der Waals surface area contributed by atoms with Crippen molar-refractivity contribution in [3.63, 3.8) is 0 Å². The molecule has 1 aromatic carbocycles. The molecular weight excluding hydrogens is 266 g/mol. The lowest BCUT2D eigenvalue weighted by atomic mass is 10.2. The number of carbonyl (C=O) groups excluding carboxylic acids is 1. The SMILES string of the molecule is COC(=O)C(N)CCSCc1ccc2c(c1)OCO2. The first-order chi connectivity index (χ1) is 9.20. The summed E-state index contributed by atoms with van der Waals surface area (Å²) in [6.07, 6.45) is 0.613. The van der Waals surface area contributed by atoms with Gasteiger partial charge in [0.25, 0.3) is 0 Å². The normalized spacial score (nSPS) is 14.2. The smallest absolute Gasteiger partial charge is 0.322 e. The third-order valence-corrected chi connectivity index (χ3v) is 3.84. The van der Waals surface area contributed by atoms with E-state index in [1.807, 2.05) is 18.2 Å². The number of carbonyl (C=O) groups is 1. The van der Waals surface area contributed by atoms with Crippen molar-refractivity contribution in [2.75, 3.05) is 19.7 Å². The molecule has 0 aliphatic carbocycles. The lowest BCUT2D eigenvalue weighted by Crippen LogP contribution is -2.31. The summed E-state index contributed by atoms with van der Waals surface area (Å²) < 4.78 is 15.1. The van der Waals surface area contributed by atoms with E-state index >= 15 is 0 Å². The van der Waals surface area contributed by atoms with Crippen molar-refractivity contribution in [3.05, 3.63) is 23.8 Å². The van der Waals surface area contributed by atoms with Crippen LogP contribution in [0.5, 0.6) is 11.5 Å². The van der Waals surface area contributed by atoms with Gasteiger partial charge in [0.2, 0.25) is 6.79 Å². The molecule has 1 aliphatic rings. The molecule has 2 rings (SSSR count). The van der Waals surface area contributed by atoms with Gasteiger partial charge in [-0.05, 0) is 29.9 Å². The fourth-order valence-electron chi connectivity index (χ4n) is 1.70. The number of nitrogens with two attached hydrogens (primary N) is 1. The quantitative estimate of drug-likeness (QED) is 0.631. The van der Waals surface area contributed by atoms with Crippen LogP contribution in [0.2, 0.25) is 0 Å². The summed E-state index contributed by atoms with van der Waals surface area (Å²) in [7, 11) is 1.35. The highest BCUT2D eigenvalue weighted by atomic mass is 32.2. The molecule has 0 aromatic heterocycles. The highest BCUT2D eigenvalue weighted by Crippen LogP contribution is 2.33. The molecule has 0 fully saturated rings. The Bertz CT molecular complexity index is 452. The van der Waals surface area contributed by atoms with E-state index in [0.29, 0.717) is 13.2 Å². The Labute approximate surface area is 116 Å². The van der Waals surface area contributed by atoms with Gasteiger partial charge in [-0.3, -0.25) is 4.79 Å². The number of ether oxygens (including phenoxy) is 3. The Morgan fingerprint density at radius 1 is 1.47 bits per heavy atom. The zero-order valence-electron chi connectivity index (χ0n) is 10.8. The zero-order valence-corrected chi connectivity index (χ0v) is 11.6. The molecule has 19 heavy (non-hydrogen) atoms. The first-order valence-electron chi connectivity index (χ1n) is 6.00. The first-order valence-corrected chi connectivity index (χ1v) is 7.16. The summed E-state index contributed by atoms with van der Waals surface area (Å²) in [6, 6.07) is 5.38. The van der Waals surface area contributed by atoms with Gasteiger partial charge in [0.05, 0.1) is 7.11 Å². The number of benzene rings is 1. The molecule has 1 atom stereocenters.